The van der Waals surface area contributed by atoms with Gasteiger partial charge in [-0.1, -0.05) is 29.8 Å². The first-order chi connectivity index (χ1) is 15.0. The first-order valence-corrected chi connectivity index (χ1v) is 11.4. The van der Waals surface area contributed by atoms with Crippen LogP contribution in [0.3, 0.4) is 0 Å². The molecule has 0 radical (unpaired) electrons. The molecule has 1 saturated heterocycles. The van der Waals surface area contributed by atoms with Crippen molar-refractivity contribution in [3.63, 3.8) is 0 Å². The lowest BCUT2D eigenvalue weighted by molar-refractivity contribution is 0.0633. The highest BCUT2D eigenvalue weighted by Gasteiger charge is 2.23. The summed E-state index contributed by atoms with van der Waals surface area (Å²) >= 11 is 1.47. The van der Waals surface area contributed by atoms with Crippen LogP contribution < -0.4 is 4.74 Å². The van der Waals surface area contributed by atoms with Crippen molar-refractivity contribution in [1.29, 1.82) is 0 Å². The summed E-state index contributed by atoms with van der Waals surface area (Å²) in [7, 11) is 0. The Morgan fingerprint density at radius 3 is 2.58 bits per heavy atom. The second-order valence-electron chi connectivity index (χ2n) is 8.08. The van der Waals surface area contributed by atoms with Gasteiger partial charge < -0.3 is 9.64 Å². The number of hydrogen-bond donors (Lipinski definition) is 0. The Balaban J connectivity index is 1.29. The van der Waals surface area contributed by atoms with E-state index < -0.39 is 0 Å². The molecular weight excluding hydrogens is 411 g/mol. The molecule has 0 atom stereocenters. The van der Waals surface area contributed by atoms with Crippen LogP contribution in [0, 0.1) is 19.7 Å². The molecule has 2 aromatic carbocycles. The molecule has 0 unspecified atom stereocenters. The Bertz CT molecular complexity index is 1060. The number of piperazine rings is 1. The van der Waals surface area contributed by atoms with Gasteiger partial charge in [-0.2, -0.15) is 0 Å². The Labute approximate surface area is 186 Å². The van der Waals surface area contributed by atoms with Crippen molar-refractivity contribution in [1.82, 2.24) is 9.80 Å². The summed E-state index contributed by atoms with van der Waals surface area (Å²) < 4.78 is 19.3. The summed E-state index contributed by atoms with van der Waals surface area (Å²) in [5.41, 5.74) is 4.30. The van der Waals surface area contributed by atoms with Crippen LogP contribution in [0.2, 0.25) is 0 Å². The van der Waals surface area contributed by atoms with E-state index in [-0.39, 0.29) is 11.7 Å². The van der Waals surface area contributed by atoms with Crippen molar-refractivity contribution in [3.8, 4) is 5.75 Å². The van der Waals surface area contributed by atoms with Crippen LogP contribution in [0.4, 0.5) is 4.39 Å². The van der Waals surface area contributed by atoms with Crippen molar-refractivity contribution in [2.45, 2.75) is 27.0 Å². The summed E-state index contributed by atoms with van der Waals surface area (Å²) in [6, 6.07) is 14.8. The van der Waals surface area contributed by atoms with Gasteiger partial charge in [-0.05, 0) is 54.6 Å². The fourth-order valence-electron chi connectivity index (χ4n) is 3.84. The van der Waals surface area contributed by atoms with Gasteiger partial charge in [0, 0.05) is 38.3 Å². The molecule has 0 bridgehead atoms. The summed E-state index contributed by atoms with van der Waals surface area (Å²) in [5.74, 6) is 0.744. The summed E-state index contributed by atoms with van der Waals surface area (Å²) in [6.07, 6.45) is 0. The maximum atomic E-state index is 13.4. The van der Waals surface area contributed by atoms with E-state index in [1.165, 1.54) is 23.0 Å². The van der Waals surface area contributed by atoms with Crippen molar-refractivity contribution >= 4 is 17.2 Å². The Kier molecular flexibility index (Phi) is 6.68. The van der Waals surface area contributed by atoms with Crippen LogP contribution in [0.15, 0.2) is 53.9 Å². The minimum Gasteiger partial charge on any atom is -0.489 e. The molecule has 1 fully saturated rings. The van der Waals surface area contributed by atoms with E-state index >= 15 is 0 Å². The molecule has 0 N–H and O–H groups in total. The van der Waals surface area contributed by atoms with Gasteiger partial charge in [0.2, 0.25) is 0 Å². The number of rotatable bonds is 6. The number of hydrogen-bond acceptors (Lipinski definition) is 4. The molecule has 0 saturated carbocycles. The minimum absolute atomic E-state index is 0.0770. The molecule has 31 heavy (non-hydrogen) atoms. The zero-order chi connectivity index (χ0) is 21.8. The van der Waals surface area contributed by atoms with Gasteiger partial charge in [-0.3, -0.25) is 9.69 Å². The normalized spacial score (nSPS) is 14.6. The fraction of sp³-hybridized carbons (Fsp3) is 0.320. The smallest absolute Gasteiger partial charge is 0.264 e. The van der Waals surface area contributed by atoms with Gasteiger partial charge in [0.05, 0.1) is 4.88 Å². The number of thiophene rings is 1. The highest BCUT2D eigenvalue weighted by Crippen LogP contribution is 2.23. The Morgan fingerprint density at radius 2 is 1.84 bits per heavy atom. The molecule has 1 aliphatic rings. The summed E-state index contributed by atoms with van der Waals surface area (Å²) in [5, 5.41) is 2.00. The average Bonchev–Trinajstić information content (AvgIpc) is 3.22. The molecule has 0 aliphatic carbocycles. The highest BCUT2D eigenvalue weighted by atomic mass is 32.1. The lowest BCUT2D eigenvalue weighted by atomic mass is 10.1. The standard InChI is InChI=1S/C25H27FN2O2S/c1-18-6-7-23(19(2)12-18)30-16-21-14-24(31-17-21)25(29)28-10-8-27(9-11-28)15-20-4-3-5-22(26)13-20/h3-7,12-14,17H,8-11,15-16H2,1-2H3. The third-order valence-corrected chi connectivity index (χ3v) is 6.51. The Hall–Kier alpha value is -2.70. The maximum absolute atomic E-state index is 13.4. The van der Waals surface area contributed by atoms with Gasteiger partial charge in [0.1, 0.15) is 18.2 Å². The van der Waals surface area contributed by atoms with Crippen molar-refractivity contribution < 1.29 is 13.9 Å². The number of carbonyl (C=O) groups excluding carboxylic acids is 1. The lowest BCUT2D eigenvalue weighted by Crippen LogP contribution is -2.48. The topological polar surface area (TPSA) is 32.8 Å². The van der Waals surface area contributed by atoms with E-state index in [1.54, 1.807) is 12.1 Å². The molecule has 4 nitrogen and oxygen atoms in total. The monoisotopic (exact) mass is 438 g/mol. The lowest BCUT2D eigenvalue weighted by Gasteiger charge is -2.34. The predicted molar refractivity (Wildman–Crippen MR) is 122 cm³/mol. The van der Waals surface area contributed by atoms with E-state index in [2.05, 4.69) is 17.9 Å². The number of nitrogens with zero attached hydrogens (tertiary/aromatic N) is 2. The molecule has 6 heteroatoms. The molecule has 4 rings (SSSR count). The maximum Gasteiger partial charge on any atom is 0.264 e. The number of ether oxygens (including phenoxy) is 1. The summed E-state index contributed by atoms with van der Waals surface area (Å²) in [6.45, 7) is 8.20. The van der Waals surface area contributed by atoms with Crippen LogP contribution >= 0.6 is 11.3 Å². The molecular formula is C25H27FN2O2S. The zero-order valence-corrected chi connectivity index (χ0v) is 18.8. The largest absolute Gasteiger partial charge is 0.489 e. The molecule has 3 aromatic rings. The Morgan fingerprint density at radius 1 is 1.03 bits per heavy atom. The van der Waals surface area contributed by atoms with E-state index in [1.807, 2.05) is 41.5 Å². The molecule has 1 aromatic heterocycles. The third kappa shape index (κ3) is 5.51. The second kappa shape index (κ2) is 9.62. The van der Waals surface area contributed by atoms with E-state index in [0.29, 0.717) is 26.2 Å². The van der Waals surface area contributed by atoms with Gasteiger partial charge in [-0.25, -0.2) is 4.39 Å². The molecule has 162 valence electrons. The van der Waals surface area contributed by atoms with Crippen molar-refractivity contribution in [2.24, 2.45) is 0 Å². The number of benzene rings is 2. The third-order valence-electron chi connectivity index (χ3n) is 5.54. The number of amides is 1. The van der Waals surface area contributed by atoms with E-state index in [4.69, 9.17) is 4.74 Å². The number of halogens is 1. The van der Waals surface area contributed by atoms with Crippen LogP contribution in [0.1, 0.15) is 31.9 Å². The van der Waals surface area contributed by atoms with Gasteiger partial charge in [0.15, 0.2) is 0 Å². The minimum atomic E-state index is -0.207. The molecule has 2 heterocycles. The van der Waals surface area contributed by atoms with Crippen molar-refractivity contribution in [3.05, 3.63) is 86.9 Å². The van der Waals surface area contributed by atoms with Gasteiger partial charge in [-0.15, -0.1) is 11.3 Å². The molecule has 1 amide bonds. The zero-order valence-electron chi connectivity index (χ0n) is 17.9. The number of aryl methyl sites for hydroxylation is 2. The van der Waals surface area contributed by atoms with Gasteiger partial charge >= 0.3 is 0 Å². The van der Waals surface area contributed by atoms with Crippen LogP contribution in [-0.2, 0) is 13.2 Å². The SMILES string of the molecule is Cc1ccc(OCc2csc(C(=O)N3CCN(Cc4cccc(F)c4)CC3)c2)c(C)c1. The van der Waals surface area contributed by atoms with Gasteiger partial charge in [0.25, 0.3) is 5.91 Å². The second-order valence-corrected chi connectivity index (χ2v) is 8.99. The van der Waals surface area contributed by atoms with E-state index in [0.717, 1.165) is 40.4 Å². The number of carbonyl (C=O) groups is 1. The van der Waals surface area contributed by atoms with Crippen LogP contribution in [-0.4, -0.2) is 41.9 Å². The molecule has 0 spiro atoms. The van der Waals surface area contributed by atoms with Crippen molar-refractivity contribution in [2.75, 3.05) is 26.2 Å². The summed E-state index contributed by atoms with van der Waals surface area (Å²) in [4.78, 5) is 17.8. The first-order valence-electron chi connectivity index (χ1n) is 10.5. The highest BCUT2D eigenvalue weighted by molar-refractivity contribution is 7.12. The fourth-order valence-corrected chi connectivity index (χ4v) is 4.71. The quantitative estimate of drug-likeness (QED) is 0.541. The van der Waals surface area contributed by atoms with Crippen LogP contribution in [0.5, 0.6) is 5.75 Å². The first kappa shape index (κ1) is 21.5. The molecule has 1 aliphatic heterocycles. The average molecular weight is 439 g/mol. The van der Waals surface area contributed by atoms with E-state index in [9.17, 15) is 9.18 Å². The predicted octanol–water partition coefficient (Wildman–Crippen LogP) is 5.04. The van der Waals surface area contributed by atoms with Crippen LogP contribution in [0.25, 0.3) is 0 Å².